The zero-order valence-corrected chi connectivity index (χ0v) is 9.89. The van der Waals surface area contributed by atoms with Crippen LogP contribution in [0.4, 0.5) is 10.1 Å². The topological polar surface area (TPSA) is 72.2 Å². The number of carbonyl (C=O) groups excluding carboxylic acids is 2. The van der Waals surface area contributed by atoms with E-state index in [0.29, 0.717) is 5.69 Å². The van der Waals surface area contributed by atoms with Crippen LogP contribution in [0, 0.1) is 5.82 Å². The average Bonchev–Trinajstić information content (AvgIpc) is 2.38. The van der Waals surface area contributed by atoms with E-state index < -0.39 is 17.6 Å². The molecule has 3 N–H and O–H groups in total. The van der Waals surface area contributed by atoms with Gasteiger partial charge in [0.1, 0.15) is 5.82 Å². The number of halogens is 1. The molecule has 96 valence electrons. The van der Waals surface area contributed by atoms with Crippen molar-refractivity contribution in [3.8, 4) is 0 Å². The molecule has 0 unspecified atom stereocenters. The summed E-state index contributed by atoms with van der Waals surface area (Å²) in [6.07, 6.45) is 0. The van der Waals surface area contributed by atoms with E-state index in [0.717, 1.165) is 6.07 Å². The number of hydrogen-bond acceptors (Lipinski definition) is 3. The highest BCUT2D eigenvalue weighted by molar-refractivity contribution is 6.10. The van der Waals surface area contributed by atoms with Gasteiger partial charge in [0.25, 0.3) is 11.8 Å². The van der Waals surface area contributed by atoms with Crippen LogP contribution >= 0.6 is 0 Å². The van der Waals surface area contributed by atoms with Crippen LogP contribution in [0.25, 0.3) is 0 Å². The van der Waals surface area contributed by atoms with Crippen LogP contribution in [0.3, 0.4) is 0 Å². The average molecular weight is 258 g/mol. The van der Waals surface area contributed by atoms with Crippen molar-refractivity contribution in [2.45, 2.75) is 0 Å². The van der Waals surface area contributed by atoms with E-state index in [-0.39, 0.29) is 11.1 Å². The molecular weight excluding hydrogens is 247 g/mol. The summed E-state index contributed by atoms with van der Waals surface area (Å²) in [5, 5.41) is 2.17. The summed E-state index contributed by atoms with van der Waals surface area (Å²) in [6, 6.07) is 11.3. The SMILES string of the molecule is Nc1cccc(C(=O)NC(=O)c2cccc(F)c2)c1. The van der Waals surface area contributed by atoms with Gasteiger partial charge in [-0.3, -0.25) is 14.9 Å². The highest BCUT2D eigenvalue weighted by Crippen LogP contribution is 2.07. The minimum absolute atomic E-state index is 0.0808. The fraction of sp³-hybridized carbons (Fsp3) is 0. The molecule has 2 aromatic carbocycles. The van der Waals surface area contributed by atoms with E-state index in [9.17, 15) is 14.0 Å². The predicted molar refractivity (Wildman–Crippen MR) is 69.1 cm³/mol. The van der Waals surface area contributed by atoms with Crippen molar-refractivity contribution in [1.29, 1.82) is 0 Å². The van der Waals surface area contributed by atoms with E-state index in [4.69, 9.17) is 5.73 Å². The molecule has 0 heterocycles. The number of nitrogens with one attached hydrogen (secondary N) is 1. The van der Waals surface area contributed by atoms with Gasteiger partial charge in [-0.05, 0) is 36.4 Å². The molecule has 5 heteroatoms. The fourth-order valence-electron chi connectivity index (χ4n) is 1.56. The van der Waals surface area contributed by atoms with Crippen molar-refractivity contribution in [1.82, 2.24) is 5.32 Å². The largest absolute Gasteiger partial charge is 0.399 e. The second kappa shape index (κ2) is 5.30. The van der Waals surface area contributed by atoms with Crippen LogP contribution in [0.15, 0.2) is 48.5 Å². The van der Waals surface area contributed by atoms with E-state index in [1.807, 2.05) is 0 Å². The first-order valence-corrected chi connectivity index (χ1v) is 5.53. The lowest BCUT2D eigenvalue weighted by Gasteiger charge is -2.05. The van der Waals surface area contributed by atoms with Crippen LogP contribution in [-0.4, -0.2) is 11.8 Å². The van der Waals surface area contributed by atoms with E-state index >= 15 is 0 Å². The summed E-state index contributed by atoms with van der Waals surface area (Å²) >= 11 is 0. The van der Waals surface area contributed by atoms with Gasteiger partial charge in [0.05, 0.1) is 0 Å². The lowest BCUT2D eigenvalue weighted by atomic mass is 10.1. The molecule has 0 spiro atoms. The number of rotatable bonds is 2. The number of nitrogens with two attached hydrogens (primary N) is 1. The van der Waals surface area contributed by atoms with Crippen molar-refractivity contribution in [3.63, 3.8) is 0 Å². The van der Waals surface area contributed by atoms with Gasteiger partial charge in [-0.2, -0.15) is 0 Å². The molecule has 2 rings (SSSR count). The smallest absolute Gasteiger partial charge is 0.258 e. The normalized spacial score (nSPS) is 9.95. The monoisotopic (exact) mass is 258 g/mol. The van der Waals surface area contributed by atoms with Crippen molar-refractivity contribution >= 4 is 17.5 Å². The first-order valence-electron chi connectivity index (χ1n) is 5.53. The Morgan fingerprint density at radius 2 is 1.53 bits per heavy atom. The number of amides is 2. The first kappa shape index (κ1) is 12.8. The number of hydrogen-bond donors (Lipinski definition) is 2. The van der Waals surface area contributed by atoms with Crippen molar-refractivity contribution < 1.29 is 14.0 Å². The van der Waals surface area contributed by atoms with Gasteiger partial charge in [0, 0.05) is 16.8 Å². The van der Waals surface area contributed by atoms with Gasteiger partial charge >= 0.3 is 0 Å². The zero-order valence-electron chi connectivity index (χ0n) is 9.89. The summed E-state index contributed by atoms with van der Waals surface area (Å²) in [4.78, 5) is 23.5. The second-order valence-electron chi connectivity index (χ2n) is 3.92. The van der Waals surface area contributed by atoms with Crippen molar-refractivity contribution in [2.75, 3.05) is 5.73 Å². The molecule has 0 bridgehead atoms. The lowest BCUT2D eigenvalue weighted by molar-refractivity contribution is 0.0849. The lowest BCUT2D eigenvalue weighted by Crippen LogP contribution is -2.30. The molecule has 19 heavy (non-hydrogen) atoms. The van der Waals surface area contributed by atoms with Gasteiger partial charge in [0.2, 0.25) is 0 Å². The molecule has 0 aliphatic carbocycles. The summed E-state index contributed by atoms with van der Waals surface area (Å²) in [5.41, 5.74) is 6.31. The van der Waals surface area contributed by atoms with E-state index in [1.54, 1.807) is 12.1 Å². The standard InChI is InChI=1S/C14H11FN2O2/c15-11-5-1-3-9(7-11)13(18)17-14(19)10-4-2-6-12(16)8-10/h1-8H,16H2,(H,17,18,19). The van der Waals surface area contributed by atoms with E-state index in [2.05, 4.69) is 5.32 Å². The highest BCUT2D eigenvalue weighted by atomic mass is 19.1. The Morgan fingerprint density at radius 3 is 2.11 bits per heavy atom. The van der Waals surface area contributed by atoms with Gasteiger partial charge < -0.3 is 5.73 Å². The molecule has 4 nitrogen and oxygen atoms in total. The third-order valence-electron chi connectivity index (χ3n) is 2.46. The minimum atomic E-state index is -0.660. The Kier molecular flexibility index (Phi) is 3.56. The molecular formula is C14H11FN2O2. The highest BCUT2D eigenvalue weighted by Gasteiger charge is 2.12. The Bertz CT molecular complexity index is 585. The Labute approximate surface area is 109 Å². The zero-order chi connectivity index (χ0) is 13.8. The summed E-state index contributed by atoms with van der Waals surface area (Å²) in [7, 11) is 0. The predicted octanol–water partition coefficient (Wildman–Crippen LogP) is 1.98. The molecule has 0 aliphatic heterocycles. The summed E-state index contributed by atoms with van der Waals surface area (Å²) < 4.78 is 13.0. The van der Waals surface area contributed by atoms with E-state index in [1.165, 1.54) is 30.3 Å². The molecule has 0 saturated heterocycles. The van der Waals surface area contributed by atoms with Crippen LogP contribution < -0.4 is 11.1 Å². The van der Waals surface area contributed by atoms with Gasteiger partial charge in [-0.25, -0.2) is 4.39 Å². The quantitative estimate of drug-likeness (QED) is 0.639. The molecule has 2 aromatic rings. The van der Waals surface area contributed by atoms with Crippen molar-refractivity contribution in [3.05, 3.63) is 65.5 Å². The van der Waals surface area contributed by atoms with Crippen LogP contribution in [0.2, 0.25) is 0 Å². The maximum atomic E-state index is 13.0. The molecule has 0 aliphatic rings. The van der Waals surface area contributed by atoms with Gasteiger partial charge in [-0.15, -0.1) is 0 Å². The number of benzene rings is 2. The number of carbonyl (C=O) groups is 2. The number of nitrogen functional groups attached to an aromatic ring is 1. The molecule has 0 radical (unpaired) electrons. The maximum Gasteiger partial charge on any atom is 0.258 e. The number of imide groups is 1. The fourth-order valence-corrected chi connectivity index (χ4v) is 1.56. The molecule has 0 aromatic heterocycles. The van der Waals surface area contributed by atoms with Crippen molar-refractivity contribution in [2.24, 2.45) is 0 Å². The Hall–Kier alpha value is -2.69. The second-order valence-corrected chi connectivity index (χ2v) is 3.92. The molecule has 0 atom stereocenters. The minimum Gasteiger partial charge on any atom is -0.399 e. The van der Waals surface area contributed by atoms with Gasteiger partial charge in [0.15, 0.2) is 0 Å². The van der Waals surface area contributed by atoms with Crippen LogP contribution in [-0.2, 0) is 0 Å². The maximum absolute atomic E-state index is 13.0. The Morgan fingerprint density at radius 1 is 0.947 bits per heavy atom. The first-order chi connectivity index (χ1) is 9.06. The van der Waals surface area contributed by atoms with Crippen LogP contribution in [0.5, 0.6) is 0 Å². The third kappa shape index (κ3) is 3.16. The Balaban J connectivity index is 2.13. The molecule has 0 fully saturated rings. The van der Waals surface area contributed by atoms with Gasteiger partial charge in [-0.1, -0.05) is 12.1 Å². The summed E-state index contributed by atoms with van der Waals surface area (Å²) in [5.74, 6) is -1.78. The molecule has 0 saturated carbocycles. The summed E-state index contributed by atoms with van der Waals surface area (Å²) in [6.45, 7) is 0. The third-order valence-corrected chi connectivity index (χ3v) is 2.46. The number of anilines is 1. The van der Waals surface area contributed by atoms with Crippen LogP contribution in [0.1, 0.15) is 20.7 Å². The molecule has 2 amide bonds.